The Morgan fingerprint density at radius 3 is 1.31 bits per heavy atom. The van der Waals surface area contributed by atoms with E-state index >= 15 is 0 Å². The van der Waals surface area contributed by atoms with Crippen LogP contribution in [0.3, 0.4) is 0 Å². The molecular weight excluding hydrogens is 1030 g/mol. The van der Waals surface area contributed by atoms with E-state index in [0.717, 1.165) is 42.1 Å². The van der Waals surface area contributed by atoms with Gasteiger partial charge in [-0.2, -0.15) is 0 Å². The zero-order valence-corrected chi connectivity index (χ0v) is 43.2. The van der Waals surface area contributed by atoms with Crippen LogP contribution in [0, 0.1) is 7.40 Å². The molecule has 0 saturated carbocycles. The van der Waals surface area contributed by atoms with E-state index in [9.17, 15) is 0 Å². The average molecular weight is 1090 g/mol. The Morgan fingerprint density at radius 1 is 0.554 bits per heavy atom. The molecular formula is C52H58I2N10O. The van der Waals surface area contributed by atoms with Crippen LogP contribution in [-0.2, 0) is 34.7 Å². The van der Waals surface area contributed by atoms with Gasteiger partial charge in [-0.1, -0.05) is 163 Å². The SMILES string of the molecule is CC(C)(C)c1ccc(C(c2ccc(OCCCn3nnc(-c4cncc(-c5nnn(CCCN=[N+]=[N-])c5I)c4)c3I)cc2)(c2ccc(C(C)(C)C)cc2)c2ccc(C(C)(C)C)cc2)cc1. The number of nitrogens with zero attached hydrogens (tertiary/aromatic N) is 10. The summed E-state index contributed by atoms with van der Waals surface area (Å²) < 4.78 is 11.9. The summed E-state index contributed by atoms with van der Waals surface area (Å²) in [4.78, 5) is 7.33. The predicted octanol–water partition coefficient (Wildman–Crippen LogP) is 13.3. The van der Waals surface area contributed by atoms with Gasteiger partial charge in [-0.25, -0.2) is 9.36 Å². The molecule has 4 aromatic carbocycles. The number of aromatic nitrogens is 7. The molecule has 65 heavy (non-hydrogen) atoms. The summed E-state index contributed by atoms with van der Waals surface area (Å²) in [6.07, 6.45) is 4.99. The maximum absolute atomic E-state index is 8.58. The number of pyridine rings is 1. The second-order valence-corrected chi connectivity index (χ2v) is 21.7. The summed E-state index contributed by atoms with van der Waals surface area (Å²) in [5.74, 6) is 0.816. The van der Waals surface area contributed by atoms with E-state index in [0.29, 0.717) is 32.7 Å². The van der Waals surface area contributed by atoms with Gasteiger partial charge in [-0.05, 0) is 131 Å². The Morgan fingerprint density at radius 2 is 0.923 bits per heavy atom. The zero-order chi connectivity index (χ0) is 46.6. The van der Waals surface area contributed by atoms with Crippen LogP contribution in [0.4, 0.5) is 0 Å². The number of hydrogen-bond acceptors (Lipinski definition) is 7. The number of ether oxygens (including phenoxy) is 1. The summed E-state index contributed by atoms with van der Waals surface area (Å²) in [5, 5.41) is 21.4. The summed E-state index contributed by atoms with van der Waals surface area (Å²) in [6.45, 7) is 22.6. The minimum Gasteiger partial charge on any atom is -0.494 e. The van der Waals surface area contributed by atoms with Crippen molar-refractivity contribution in [3.05, 3.63) is 172 Å². The highest BCUT2D eigenvalue weighted by Crippen LogP contribution is 2.47. The minimum absolute atomic E-state index is 0.0299. The van der Waals surface area contributed by atoms with E-state index in [1.807, 2.05) is 15.4 Å². The molecule has 3 aromatic heterocycles. The number of azide groups is 1. The largest absolute Gasteiger partial charge is 0.494 e. The molecule has 11 nitrogen and oxygen atoms in total. The summed E-state index contributed by atoms with van der Waals surface area (Å²) in [6, 6.07) is 38.5. The summed E-state index contributed by atoms with van der Waals surface area (Å²) in [5.41, 5.74) is 20.0. The molecule has 0 fully saturated rings. The molecule has 0 aliphatic rings. The van der Waals surface area contributed by atoms with Crippen molar-refractivity contribution in [1.82, 2.24) is 35.0 Å². The van der Waals surface area contributed by atoms with E-state index < -0.39 is 5.41 Å². The molecule has 0 saturated heterocycles. The lowest BCUT2D eigenvalue weighted by atomic mass is 9.64. The van der Waals surface area contributed by atoms with Gasteiger partial charge in [0.25, 0.3) is 0 Å². The van der Waals surface area contributed by atoms with E-state index in [4.69, 9.17) is 10.3 Å². The Kier molecular flexibility index (Phi) is 14.6. The highest BCUT2D eigenvalue weighted by atomic mass is 127. The lowest BCUT2D eigenvalue weighted by Gasteiger charge is -2.38. The van der Waals surface area contributed by atoms with Gasteiger partial charge in [-0.15, -0.1) is 10.2 Å². The Bertz CT molecular complexity index is 2610. The predicted molar refractivity (Wildman–Crippen MR) is 277 cm³/mol. The summed E-state index contributed by atoms with van der Waals surface area (Å²) >= 11 is 4.55. The Labute approximate surface area is 410 Å². The molecule has 0 unspecified atom stereocenters. The molecule has 336 valence electrons. The van der Waals surface area contributed by atoms with Gasteiger partial charge in [0, 0.05) is 54.5 Å². The molecule has 0 radical (unpaired) electrons. The van der Waals surface area contributed by atoms with Crippen LogP contribution in [0.25, 0.3) is 33.0 Å². The van der Waals surface area contributed by atoms with Crippen molar-refractivity contribution in [3.8, 4) is 28.3 Å². The van der Waals surface area contributed by atoms with Gasteiger partial charge in [-0.3, -0.25) is 4.98 Å². The van der Waals surface area contributed by atoms with Gasteiger partial charge >= 0.3 is 0 Å². The van der Waals surface area contributed by atoms with Crippen LogP contribution in [0.2, 0.25) is 0 Å². The Hall–Kier alpha value is -5.12. The molecule has 3 heterocycles. The molecule has 0 N–H and O–H groups in total. The number of hydrogen-bond donors (Lipinski definition) is 0. The topological polar surface area (TPSA) is 132 Å². The first-order valence-corrected chi connectivity index (χ1v) is 24.3. The van der Waals surface area contributed by atoms with E-state index in [1.165, 1.54) is 38.9 Å². The maximum Gasteiger partial charge on any atom is 0.128 e. The third-order valence-corrected chi connectivity index (χ3v) is 14.1. The van der Waals surface area contributed by atoms with Crippen molar-refractivity contribution >= 4 is 45.2 Å². The molecule has 0 atom stereocenters. The van der Waals surface area contributed by atoms with Gasteiger partial charge in [0.2, 0.25) is 0 Å². The maximum atomic E-state index is 8.58. The van der Waals surface area contributed by atoms with Crippen LogP contribution in [-0.4, -0.2) is 48.1 Å². The molecule has 7 rings (SSSR count). The van der Waals surface area contributed by atoms with Crippen molar-refractivity contribution in [1.29, 1.82) is 0 Å². The van der Waals surface area contributed by atoms with Crippen LogP contribution < -0.4 is 4.74 Å². The number of benzene rings is 4. The van der Waals surface area contributed by atoms with Crippen LogP contribution in [0.15, 0.2) is 121 Å². The quantitative estimate of drug-likeness (QED) is 0.0251. The molecule has 0 spiro atoms. The smallest absolute Gasteiger partial charge is 0.128 e. The van der Waals surface area contributed by atoms with Gasteiger partial charge < -0.3 is 4.74 Å². The first kappa shape index (κ1) is 47.8. The minimum atomic E-state index is -0.593. The highest BCUT2D eigenvalue weighted by Gasteiger charge is 2.39. The fourth-order valence-corrected chi connectivity index (χ4v) is 9.66. The van der Waals surface area contributed by atoms with Crippen LogP contribution in [0.5, 0.6) is 5.75 Å². The first-order valence-electron chi connectivity index (χ1n) is 22.1. The highest BCUT2D eigenvalue weighted by molar-refractivity contribution is 14.1. The monoisotopic (exact) mass is 1090 g/mol. The van der Waals surface area contributed by atoms with Crippen molar-refractivity contribution < 1.29 is 4.74 Å². The standard InChI is InChI=1S/C52H58I2N10O/c1-49(2,3)37-12-18-40(19-13-37)52(41-20-14-38(15-21-41)50(4,5)6,42-22-16-39(17-23-42)51(7,8)9)43-24-26-44(27-25-43)65-31-11-30-64-48(54)46(59-62-64)36-32-35(33-56-34-36)45-47(53)63(61-58-45)29-10-28-57-60-55/h12-27,32-34H,10-11,28-31H2,1-9H3. The lowest BCUT2D eigenvalue weighted by molar-refractivity contribution is 0.297. The number of aryl methyl sites for hydroxylation is 2. The molecule has 13 heteroatoms. The molecule has 0 bridgehead atoms. The van der Waals surface area contributed by atoms with Crippen molar-refractivity contribution in [2.45, 2.75) is 110 Å². The van der Waals surface area contributed by atoms with Crippen LogP contribution in [0.1, 0.15) is 114 Å². The van der Waals surface area contributed by atoms with E-state index in [2.05, 4.69) is 240 Å². The second kappa shape index (κ2) is 19.8. The second-order valence-electron chi connectivity index (χ2n) is 19.6. The molecule has 0 aliphatic carbocycles. The molecule has 0 aliphatic heterocycles. The third kappa shape index (κ3) is 10.6. The van der Waals surface area contributed by atoms with Gasteiger partial charge in [0.05, 0.1) is 12.0 Å². The van der Waals surface area contributed by atoms with E-state index in [1.54, 1.807) is 12.4 Å². The van der Waals surface area contributed by atoms with Crippen LogP contribution >= 0.6 is 45.2 Å². The van der Waals surface area contributed by atoms with E-state index in [-0.39, 0.29) is 16.2 Å². The normalized spacial score (nSPS) is 12.3. The average Bonchev–Trinajstić information content (AvgIpc) is 3.84. The Balaban J connectivity index is 1.12. The fraction of sp³-hybridized carbons (Fsp3) is 0.365. The molecule has 0 amide bonds. The van der Waals surface area contributed by atoms with Crippen molar-refractivity contribution in [2.75, 3.05) is 13.2 Å². The number of halogens is 2. The first-order chi connectivity index (χ1) is 30.9. The van der Waals surface area contributed by atoms with Crippen molar-refractivity contribution in [2.24, 2.45) is 5.11 Å². The lowest BCUT2D eigenvalue weighted by Crippen LogP contribution is -2.31. The van der Waals surface area contributed by atoms with Gasteiger partial charge in [0.1, 0.15) is 24.5 Å². The fourth-order valence-electron chi connectivity index (χ4n) is 8.14. The third-order valence-electron chi connectivity index (χ3n) is 11.9. The summed E-state index contributed by atoms with van der Waals surface area (Å²) in [7, 11) is 0. The van der Waals surface area contributed by atoms with Crippen molar-refractivity contribution in [3.63, 3.8) is 0 Å². The zero-order valence-electron chi connectivity index (χ0n) is 38.8. The molecule has 7 aromatic rings. The number of rotatable bonds is 15. The van der Waals surface area contributed by atoms with Gasteiger partial charge in [0.15, 0.2) is 0 Å².